The third-order valence-corrected chi connectivity index (χ3v) is 2.66. The molecular weight excluding hydrogens is 231 g/mol. The zero-order valence-electron chi connectivity index (χ0n) is 9.08. The molecule has 2 rings (SSSR count). The largest absolute Gasteiger partial charge is 0.416 e. The van der Waals surface area contributed by atoms with Crippen molar-refractivity contribution in [1.82, 2.24) is 4.90 Å². The van der Waals surface area contributed by atoms with Crippen molar-refractivity contribution in [2.45, 2.75) is 6.18 Å². The van der Waals surface area contributed by atoms with Crippen LogP contribution in [-0.4, -0.2) is 24.4 Å². The molecule has 1 aromatic carbocycles. The van der Waals surface area contributed by atoms with Crippen molar-refractivity contribution >= 4 is 11.5 Å². The molecule has 0 N–H and O–H groups in total. The monoisotopic (exact) mass is 241 g/mol. The molecule has 1 heterocycles. The summed E-state index contributed by atoms with van der Waals surface area (Å²) in [6.07, 6.45) is -2.88. The standard InChI is InChI=1S/C12H10F3NO/c1-16-7-9(6-11(16)17)8-2-4-10(5-3-8)12(13,14)15/h2-6H,7H2,1H3. The molecule has 0 bridgehead atoms. The zero-order valence-corrected chi connectivity index (χ0v) is 9.08. The zero-order chi connectivity index (χ0) is 12.6. The Kier molecular flexibility index (Phi) is 2.69. The Morgan fingerprint density at radius 3 is 2.18 bits per heavy atom. The van der Waals surface area contributed by atoms with Gasteiger partial charge in [-0.25, -0.2) is 0 Å². The fourth-order valence-electron chi connectivity index (χ4n) is 1.69. The lowest BCUT2D eigenvalue weighted by Crippen LogP contribution is -2.19. The number of carbonyl (C=O) groups excluding carboxylic acids is 1. The van der Waals surface area contributed by atoms with Gasteiger partial charge in [0, 0.05) is 19.7 Å². The molecule has 1 amide bonds. The van der Waals surface area contributed by atoms with Gasteiger partial charge in [-0.05, 0) is 23.3 Å². The molecule has 1 aliphatic rings. The van der Waals surface area contributed by atoms with Gasteiger partial charge in [0.15, 0.2) is 0 Å². The van der Waals surface area contributed by atoms with Gasteiger partial charge >= 0.3 is 6.18 Å². The van der Waals surface area contributed by atoms with Gasteiger partial charge in [0.1, 0.15) is 0 Å². The molecule has 0 fully saturated rings. The van der Waals surface area contributed by atoms with Crippen LogP contribution < -0.4 is 0 Å². The predicted molar refractivity (Wildman–Crippen MR) is 57.1 cm³/mol. The first-order valence-electron chi connectivity index (χ1n) is 5.01. The van der Waals surface area contributed by atoms with Crippen LogP contribution in [0, 0.1) is 0 Å². The van der Waals surface area contributed by atoms with Crippen LogP contribution >= 0.6 is 0 Å². The first-order chi connectivity index (χ1) is 7.88. The van der Waals surface area contributed by atoms with Crippen molar-refractivity contribution in [3.8, 4) is 0 Å². The van der Waals surface area contributed by atoms with E-state index in [9.17, 15) is 18.0 Å². The topological polar surface area (TPSA) is 20.3 Å². The van der Waals surface area contributed by atoms with E-state index < -0.39 is 11.7 Å². The maximum absolute atomic E-state index is 12.3. The molecule has 0 spiro atoms. The molecule has 1 aliphatic heterocycles. The molecule has 0 radical (unpaired) electrons. The number of benzene rings is 1. The number of halogens is 3. The Bertz CT molecular complexity index is 474. The summed E-state index contributed by atoms with van der Waals surface area (Å²) in [5.41, 5.74) is 0.710. The summed E-state index contributed by atoms with van der Waals surface area (Å²) in [5, 5.41) is 0. The number of rotatable bonds is 1. The maximum atomic E-state index is 12.3. The van der Waals surface area contributed by atoms with Gasteiger partial charge in [-0.1, -0.05) is 12.1 Å². The minimum atomic E-state index is -4.32. The summed E-state index contributed by atoms with van der Waals surface area (Å²) in [7, 11) is 1.65. The average Bonchev–Trinajstić information content (AvgIpc) is 2.58. The lowest BCUT2D eigenvalue weighted by molar-refractivity contribution is -0.137. The van der Waals surface area contributed by atoms with E-state index in [1.54, 1.807) is 7.05 Å². The van der Waals surface area contributed by atoms with Crippen LogP contribution in [0.1, 0.15) is 11.1 Å². The molecule has 0 aliphatic carbocycles. The summed E-state index contributed by atoms with van der Waals surface area (Å²) in [6, 6.07) is 4.83. The molecule has 0 aromatic heterocycles. The van der Waals surface area contributed by atoms with Gasteiger partial charge in [-0.2, -0.15) is 13.2 Å². The number of likely N-dealkylation sites (N-methyl/N-ethyl adjacent to an activating group) is 1. The number of alkyl halides is 3. The van der Waals surface area contributed by atoms with Crippen molar-refractivity contribution in [3.63, 3.8) is 0 Å². The summed E-state index contributed by atoms with van der Waals surface area (Å²) in [5.74, 6) is -0.125. The summed E-state index contributed by atoms with van der Waals surface area (Å²) >= 11 is 0. The van der Waals surface area contributed by atoms with Crippen molar-refractivity contribution in [3.05, 3.63) is 41.5 Å². The molecule has 17 heavy (non-hydrogen) atoms. The Morgan fingerprint density at radius 1 is 1.18 bits per heavy atom. The van der Waals surface area contributed by atoms with E-state index in [-0.39, 0.29) is 5.91 Å². The first kappa shape index (κ1) is 11.7. The van der Waals surface area contributed by atoms with E-state index in [2.05, 4.69) is 0 Å². The highest BCUT2D eigenvalue weighted by atomic mass is 19.4. The fourth-order valence-corrected chi connectivity index (χ4v) is 1.69. The summed E-state index contributed by atoms with van der Waals surface area (Å²) in [6.45, 7) is 0.435. The van der Waals surface area contributed by atoms with Crippen LogP contribution in [0.3, 0.4) is 0 Å². The second kappa shape index (κ2) is 3.91. The van der Waals surface area contributed by atoms with E-state index in [0.29, 0.717) is 12.1 Å². The summed E-state index contributed by atoms with van der Waals surface area (Å²) < 4.78 is 37.0. The van der Waals surface area contributed by atoms with Crippen molar-refractivity contribution in [2.24, 2.45) is 0 Å². The molecule has 5 heteroatoms. The second-order valence-electron chi connectivity index (χ2n) is 3.94. The predicted octanol–water partition coefficient (Wildman–Crippen LogP) is 2.56. The number of carbonyl (C=O) groups is 1. The van der Waals surface area contributed by atoms with Crippen LogP contribution in [0.25, 0.3) is 5.57 Å². The third kappa shape index (κ3) is 2.33. The van der Waals surface area contributed by atoms with E-state index in [1.807, 2.05) is 0 Å². The molecule has 0 saturated carbocycles. The van der Waals surface area contributed by atoms with E-state index in [4.69, 9.17) is 0 Å². The second-order valence-corrected chi connectivity index (χ2v) is 3.94. The van der Waals surface area contributed by atoms with E-state index >= 15 is 0 Å². The highest BCUT2D eigenvalue weighted by molar-refractivity contribution is 6.00. The van der Waals surface area contributed by atoms with Gasteiger partial charge in [0.25, 0.3) is 0 Å². The van der Waals surface area contributed by atoms with Gasteiger partial charge < -0.3 is 4.90 Å². The smallest absolute Gasteiger partial charge is 0.338 e. The fraction of sp³-hybridized carbons (Fsp3) is 0.250. The summed E-state index contributed by atoms with van der Waals surface area (Å²) in [4.78, 5) is 12.8. The first-order valence-corrected chi connectivity index (χ1v) is 5.01. The van der Waals surface area contributed by atoms with Crippen LogP contribution in [0.4, 0.5) is 13.2 Å². The third-order valence-electron chi connectivity index (χ3n) is 2.66. The molecular formula is C12H10F3NO. The number of hydrogen-bond acceptors (Lipinski definition) is 1. The maximum Gasteiger partial charge on any atom is 0.416 e. The van der Waals surface area contributed by atoms with Crippen LogP contribution in [0.15, 0.2) is 30.3 Å². The molecule has 0 saturated heterocycles. The van der Waals surface area contributed by atoms with Gasteiger partial charge in [0.05, 0.1) is 5.56 Å². The van der Waals surface area contributed by atoms with Gasteiger partial charge in [-0.15, -0.1) is 0 Å². The molecule has 90 valence electrons. The quantitative estimate of drug-likeness (QED) is 0.740. The Labute approximate surface area is 96.3 Å². The minimum Gasteiger partial charge on any atom is -0.338 e. The molecule has 2 nitrogen and oxygen atoms in total. The van der Waals surface area contributed by atoms with Crippen LogP contribution in [-0.2, 0) is 11.0 Å². The number of amides is 1. The molecule has 1 aromatic rings. The Balaban J connectivity index is 2.26. The SMILES string of the molecule is CN1CC(c2ccc(C(F)(F)F)cc2)=CC1=O. The Hall–Kier alpha value is -1.78. The molecule has 0 atom stereocenters. The molecule has 0 unspecified atom stereocenters. The number of hydrogen-bond donors (Lipinski definition) is 0. The average molecular weight is 241 g/mol. The van der Waals surface area contributed by atoms with Gasteiger partial charge in [-0.3, -0.25) is 4.79 Å². The van der Waals surface area contributed by atoms with E-state index in [1.165, 1.54) is 23.1 Å². The Morgan fingerprint density at radius 2 is 1.76 bits per heavy atom. The van der Waals surface area contributed by atoms with Crippen LogP contribution in [0.2, 0.25) is 0 Å². The lowest BCUT2D eigenvalue weighted by atomic mass is 10.0. The van der Waals surface area contributed by atoms with Gasteiger partial charge in [0.2, 0.25) is 5.91 Å². The highest BCUT2D eigenvalue weighted by Gasteiger charge is 2.30. The van der Waals surface area contributed by atoms with E-state index in [0.717, 1.165) is 17.7 Å². The minimum absolute atomic E-state index is 0.125. The van der Waals surface area contributed by atoms with Crippen LogP contribution in [0.5, 0.6) is 0 Å². The van der Waals surface area contributed by atoms with Crippen molar-refractivity contribution in [1.29, 1.82) is 0 Å². The van der Waals surface area contributed by atoms with Crippen molar-refractivity contribution in [2.75, 3.05) is 13.6 Å². The number of nitrogens with zero attached hydrogens (tertiary/aromatic N) is 1. The highest BCUT2D eigenvalue weighted by Crippen LogP contribution is 2.30. The van der Waals surface area contributed by atoms with Crippen molar-refractivity contribution < 1.29 is 18.0 Å². The normalized spacial score (nSPS) is 16.4. The lowest BCUT2D eigenvalue weighted by Gasteiger charge is -2.10.